The predicted octanol–water partition coefficient (Wildman–Crippen LogP) is 2.27. The Kier molecular flexibility index (Phi) is 7.81. The maximum absolute atomic E-state index is 12.2. The highest BCUT2D eigenvalue weighted by molar-refractivity contribution is 14.1. The molecule has 2 rings (SSSR count). The van der Waals surface area contributed by atoms with Crippen LogP contribution in [-0.2, 0) is 0 Å². The van der Waals surface area contributed by atoms with Crippen LogP contribution in [0.25, 0.3) is 0 Å². The lowest BCUT2D eigenvalue weighted by Crippen LogP contribution is -2.48. The fraction of sp³-hybridized carbons (Fsp3) is 0.167. The van der Waals surface area contributed by atoms with Gasteiger partial charge in [0.1, 0.15) is 5.75 Å². The Hall–Kier alpha value is -2.60. The Morgan fingerprint density at radius 1 is 0.821 bits per heavy atom. The molecular weight excluding hydrogens is 497 g/mol. The van der Waals surface area contributed by atoms with E-state index in [4.69, 9.17) is 26.4 Å². The predicted molar refractivity (Wildman–Crippen MR) is 116 cm³/mol. The number of hydrazine groups is 1. The van der Waals surface area contributed by atoms with Gasteiger partial charge in [-0.25, -0.2) is 0 Å². The largest absolute Gasteiger partial charge is 0.496 e. The zero-order valence-electron chi connectivity index (χ0n) is 15.3. The molecule has 0 aliphatic carbocycles. The number of halogens is 1. The third-order valence-corrected chi connectivity index (χ3v) is 4.62. The van der Waals surface area contributed by atoms with Crippen LogP contribution >= 0.6 is 34.8 Å². The molecular formula is C18H18IN3O5S. The zero-order valence-corrected chi connectivity index (χ0v) is 18.3. The standard InChI is InChI=1S/C18H18IN3O5S/c1-25-13-6-4-10(8-12(13)19)16(23)20-18(28)22-21-17(24)11-5-7-14(26-2)15(9-11)27-3/h4-9H,1-3H3,(H,21,24)(H2,20,22,23,28). The number of hydrogen-bond acceptors (Lipinski definition) is 6. The molecule has 2 amide bonds. The third-order valence-electron chi connectivity index (χ3n) is 3.58. The molecule has 0 saturated carbocycles. The highest BCUT2D eigenvalue weighted by Gasteiger charge is 2.13. The monoisotopic (exact) mass is 515 g/mol. The summed E-state index contributed by atoms with van der Waals surface area (Å²) >= 11 is 7.11. The quantitative estimate of drug-likeness (QED) is 0.320. The van der Waals surface area contributed by atoms with Gasteiger partial charge in [0.2, 0.25) is 0 Å². The molecule has 0 heterocycles. The van der Waals surface area contributed by atoms with Gasteiger partial charge in [-0.05, 0) is 71.2 Å². The summed E-state index contributed by atoms with van der Waals surface area (Å²) in [5.74, 6) is 0.707. The average Bonchev–Trinajstić information content (AvgIpc) is 2.71. The Morgan fingerprint density at radius 2 is 1.39 bits per heavy atom. The molecule has 2 aromatic rings. The van der Waals surface area contributed by atoms with E-state index in [0.717, 1.165) is 3.57 Å². The number of carbonyl (C=O) groups is 2. The highest BCUT2D eigenvalue weighted by atomic mass is 127. The van der Waals surface area contributed by atoms with Crippen molar-refractivity contribution in [2.24, 2.45) is 0 Å². The molecule has 0 spiro atoms. The summed E-state index contributed by atoms with van der Waals surface area (Å²) < 4.78 is 16.2. The molecule has 148 valence electrons. The fourth-order valence-electron chi connectivity index (χ4n) is 2.18. The van der Waals surface area contributed by atoms with E-state index in [2.05, 4.69) is 38.8 Å². The second-order valence-electron chi connectivity index (χ2n) is 5.28. The van der Waals surface area contributed by atoms with E-state index in [-0.39, 0.29) is 5.11 Å². The molecule has 0 aliphatic heterocycles. The Morgan fingerprint density at radius 3 is 1.96 bits per heavy atom. The first-order chi connectivity index (χ1) is 13.4. The summed E-state index contributed by atoms with van der Waals surface area (Å²) in [5.41, 5.74) is 5.62. The van der Waals surface area contributed by atoms with Crippen molar-refractivity contribution in [2.45, 2.75) is 0 Å². The number of amides is 2. The molecule has 2 aromatic carbocycles. The van der Waals surface area contributed by atoms with Crippen LogP contribution in [0.1, 0.15) is 20.7 Å². The van der Waals surface area contributed by atoms with E-state index < -0.39 is 11.8 Å². The third kappa shape index (κ3) is 5.45. The van der Waals surface area contributed by atoms with Crippen molar-refractivity contribution < 1.29 is 23.8 Å². The number of benzene rings is 2. The lowest BCUT2D eigenvalue weighted by Gasteiger charge is -2.13. The number of carbonyl (C=O) groups excluding carboxylic acids is 2. The van der Waals surface area contributed by atoms with E-state index >= 15 is 0 Å². The van der Waals surface area contributed by atoms with E-state index in [1.54, 1.807) is 37.4 Å². The Bertz CT molecular complexity index is 907. The van der Waals surface area contributed by atoms with Gasteiger partial charge in [0.15, 0.2) is 16.6 Å². The van der Waals surface area contributed by atoms with Crippen molar-refractivity contribution in [3.63, 3.8) is 0 Å². The fourth-order valence-corrected chi connectivity index (χ4v) is 3.06. The van der Waals surface area contributed by atoms with Gasteiger partial charge in [-0.1, -0.05) is 0 Å². The molecule has 0 fully saturated rings. The number of thiocarbonyl (C=S) groups is 1. The van der Waals surface area contributed by atoms with Gasteiger partial charge in [0.25, 0.3) is 11.8 Å². The van der Waals surface area contributed by atoms with Crippen molar-refractivity contribution in [1.29, 1.82) is 0 Å². The molecule has 0 bridgehead atoms. The van der Waals surface area contributed by atoms with Crippen LogP contribution in [0.15, 0.2) is 36.4 Å². The maximum atomic E-state index is 12.2. The molecule has 0 atom stereocenters. The second-order valence-corrected chi connectivity index (χ2v) is 6.85. The van der Waals surface area contributed by atoms with E-state index in [1.807, 2.05) is 0 Å². The van der Waals surface area contributed by atoms with Gasteiger partial charge in [-0.15, -0.1) is 0 Å². The van der Waals surface area contributed by atoms with Crippen LogP contribution < -0.4 is 30.4 Å². The average molecular weight is 515 g/mol. The molecule has 28 heavy (non-hydrogen) atoms. The van der Waals surface area contributed by atoms with Gasteiger partial charge in [0, 0.05) is 11.1 Å². The van der Waals surface area contributed by atoms with Crippen molar-refractivity contribution in [2.75, 3.05) is 21.3 Å². The van der Waals surface area contributed by atoms with Crippen LogP contribution in [0.4, 0.5) is 0 Å². The van der Waals surface area contributed by atoms with Gasteiger partial charge in [-0.3, -0.25) is 25.8 Å². The maximum Gasteiger partial charge on any atom is 0.269 e. The van der Waals surface area contributed by atoms with E-state index in [9.17, 15) is 9.59 Å². The van der Waals surface area contributed by atoms with Crippen LogP contribution in [0.2, 0.25) is 0 Å². The summed E-state index contributed by atoms with van der Waals surface area (Å²) in [5, 5.41) is 2.44. The van der Waals surface area contributed by atoms with Crippen LogP contribution in [0.3, 0.4) is 0 Å². The van der Waals surface area contributed by atoms with Crippen LogP contribution in [0.5, 0.6) is 17.2 Å². The molecule has 0 unspecified atom stereocenters. The number of nitrogens with one attached hydrogen (secondary N) is 3. The van der Waals surface area contributed by atoms with Crippen molar-refractivity contribution in [1.82, 2.24) is 16.2 Å². The summed E-state index contributed by atoms with van der Waals surface area (Å²) in [7, 11) is 4.53. The minimum Gasteiger partial charge on any atom is -0.496 e. The Balaban J connectivity index is 1.94. The van der Waals surface area contributed by atoms with E-state index in [0.29, 0.717) is 28.4 Å². The van der Waals surface area contributed by atoms with Gasteiger partial charge in [-0.2, -0.15) is 0 Å². The van der Waals surface area contributed by atoms with Gasteiger partial charge < -0.3 is 14.2 Å². The topological polar surface area (TPSA) is 97.9 Å². The summed E-state index contributed by atoms with van der Waals surface area (Å²) in [6, 6.07) is 9.67. The SMILES string of the molecule is COc1ccc(C(=O)NC(=S)NNC(=O)c2ccc(OC)c(OC)c2)cc1I. The van der Waals surface area contributed by atoms with Crippen molar-refractivity contribution >= 4 is 51.7 Å². The lowest BCUT2D eigenvalue weighted by molar-refractivity contribution is 0.0934. The molecule has 10 heteroatoms. The zero-order chi connectivity index (χ0) is 20.7. The normalized spacial score (nSPS) is 9.86. The first-order valence-corrected chi connectivity index (χ1v) is 9.35. The number of methoxy groups -OCH3 is 3. The molecule has 0 aliphatic rings. The lowest BCUT2D eigenvalue weighted by atomic mass is 10.2. The van der Waals surface area contributed by atoms with Gasteiger partial charge in [0.05, 0.1) is 24.9 Å². The summed E-state index contributed by atoms with van der Waals surface area (Å²) in [4.78, 5) is 24.5. The first kappa shape index (κ1) is 21.7. The van der Waals surface area contributed by atoms with Crippen molar-refractivity contribution in [3.05, 3.63) is 51.1 Å². The summed E-state index contributed by atoms with van der Waals surface area (Å²) in [6.45, 7) is 0. The number of hydrogen-bond donors (Lipinski definition) is 3. The van der Waals surface area contributed by atoms with Gasteiger partial charge >= 0.3 is 0 Å². The smallest absolute Gasteiger partial charge is 0.269 e. The minimum absolute atomic E-state index is 0.0512. The Labute approximate surface area is 181 Å². The number of rotatable bonds is 5. The molecule has 0 radical (unpaired) electrons. The first-order valence-electron chi connectivity index (χ1n) is 7.86. The van der Waals surface area contributed by atoms with E-state index in [1.165, 1.54) is 20.3 Å². The molecule has 0 aromatic heterocycles. The molecule has 0 saturated heterocycles. The molecule has 3 N–H and O–H groups in total. The highest BCUT2D eigenvalue weighted by Crippen LogP contribution is 2.27. The van der Waals surface area contributed by atoms with Crippen LogP contribution in [-0.4, -0.2) is 38.3 Å². The number of ether oxygens (including phenoxy) is 3. The van der Waals surface area contributed by atoms with Crippen molar-refractivity contribution in [3.8, 4) is 17.2 Å². The summed E-state index contributed by atoms with van der Waals surface area (Å²) in [6.07, 6.45) is 0. The minimum atomic E-state index is -0.462. The van der Waals surface area contributed by atoms with Crippen LogP contribution in [0, 0.1) is 3.57 Å². The molecule has 8 nitrogen and oxygen atoms in total. The second kappa shape index (κ2) is 10.1.